The third-order valence-corrected chi connectivity index (χ3v) is 3.08. The first-order valence-electron chi connectivity index (χ1n) is 6.40. The number of carbonyl (C=O) groups is 1. The number of carboxylic acid groups (broad SMARTS) is 1. The Labute approximate surface area is 124 Å². The molecule has 4 nitrogen and oxygen atoms in total. The standard InChI is InChI=1S/C15H19ClN2O2/c1-15(2,3)8-10(7-14(19)20)18-13-6-4-5-12(16)11(13)9-17/h4-6,10,18H,7-8H2,1-3H3,(H,19,20). The maximum Gasteiger partial charge on any atom is 0.305 e. The molecule has 0 heterocycles. The molecule has 0 aliphatic heterocycles. The van der Waals surface area contributed by atoms with Gasteiger partial charge in [-0.05, 0) is 24.0 Å². The zero-order valence-electron chi connectivity index (χ0n) is 11.9. The third-order valence-electron chi connectivity index (χ3n) is 2.76. The van der Waals surface area contributed by atoms with Crippen molar-refractivity contribution < 1.29 is 9.90 Å². The van der Waals surface area contributed by atoms with E-state index in [2.05, 4.69) is 5.32 Å². The fourth-order valence-electron chi connectivity index (χ4n) is 2.10. The predicted octanol–water partition coefficient (Wildman–Crippen LogP) is 3.90. The summed E-state index contributed by atoms with van der Waals surface area (Å²) in [6.07, 6.45) is 0.672. The van der Waals surface area contributed by atoms with Crippen LogP contribution in [0.5, 0.6) is 0 Å². The highest BCUT2D eigenvalue weighted by atomic mass is 35.5. The highest BCUT2D eigenvalue weighted by Crippen LogP contribution is 2.28. The van der Waals surface area contributed by atoms with Gasteiger partial charge >= 0.3 is 5.97 Å². The number of aliphatic carboxylic acids is 1. The molecule has 1 rings (SSSR count). The minimum Gasteiger partial charge on any atom is -0.481 e. The van der Waals surface area contributed by atoms with Crippen LogP contribution in [0, 0.1) is 16.7 Å². The second-order valence-electron chi connectivity index (χ2n) is 5.98. The van der Waals surface area contributed by atoms with Gasteiger partial charge in [0.1, 0.15) is 6.07 Å². The van der Waals surface area contributed by atoms with Gasteiger partial charge in [-0.2, -0.15) is 5.26 Å². The molecule has 0 radical (unpaired) electrons. The summed E-state index contributed by atoms with van der Waals surface area (Å²) in [6, 6.07) is 6.91. The minimum absolute atomic E-state index is 0.00531. The zero-order chi connectivity index (χ0) is 15.3. The molecular formula is C15H19ClN2O2. The number of anilines is 1. The first kappa shape index (κ1) is 16.3. The summed E-state index contributed by atoms with van der Waals surface area (Å²) < 4.78 is 0. The zero-order valence-corrected chi connectivity index (χ0v) is 12.7. The number of hydrogen-bond donors (Lipinski definition) is 2. The van der Waals surface area contributed by atoms with Crippen molar-refractivity contribution in [1.82, 2.24) is 0 Å². The van der Waals surface area contributed by atoms with Crippen molar-refractivity contribution in [3.8, 4) is 6.07 Å². The highest BCUT2D eigenvalue weighted by molar-refractivity contribution is 6.32. The fourth-order valence-corrected chi connectivity index (χ4v) is 2.32. The maximum atomic E-state index is 11.0. The molecule has 20 heavy (non-hydrogen) atoms. The van der Waals surface area contributed by atoms with Crippen LogP contribution in [-0.2, 0) is 4.79 Å². The molecule has 108 valence electrons. The molecule has 1 aromatic carbocycles. The molecule has 1 unspecified atom stereocenters. The van der Waals surface area contributed by atoms with E-state index < -0.39 is 5.97 Å². The Bertz CT molecular complexity index is 530. The molecule has 0 bridgehead atoms. The van der Waals surface area contributed by atoms with Gasteiger partial charge < -0.3 is 10.4 Å². The van der Waals surface area contributed by atoms with Crippen LogP contribution in [-0.4, -0.2) is 17.1 Å². The average Bonchev–Trinajstić information content (AvgIpc) is 2.25. The van der Waals surface area contributed by atoms with Crippen LogP contribution >= 0.6 is 11.6 Å². The van der Waals surface area contributed by atoms with E-state index >= 15 is 0 Å². The lowest BCUT2D eigenvalue weighted by atomic mass is 9.87. The number of hydrogen-bond acceptors (Lipinski definition) is 3. The molecule has 0 aliphatic carbocycles. The van der Waals surface area contributed by atoms with Crippen LogP contribution in [0.1, 0.15) is 39.2 Å². The molecule has 5 heteroatoms. The van der Waals surface area contributed by atoms with Crippen molar-refractivity contribution in [2.24, 2.45) is 5.41 Å². The monoisotopic (exact) mass is 294 g/mol. The summed E-state index contributed by atoms with van der Waals surface area (Å²) in [5, 5.41) is 21.6. The van der Waals surface area contributed by atoms with Crippen molar-refractivity contribution in [3.63, 3.8) is 0 Å². The van der Waals surface area contributed by atoms with Crippen LogP contribution in [0.2, 0.25) is 5.02 Å². The lowest BCUT2D eigenvalue weighted by molar-refractivity contribution is -0.137. The third kappa shape index (κ3) is 5.10. The maximum absolute atomic E-state index is 11.0. The average molecular weight is 295 g/mol. The van der Waals surface area contributed by atoms with Crippen LogP contribution in [0.15, 0.2) is 18.2 Å². The van der Waals surface area contributed by atoms with Crippen molar-refractivity contribution in [1.29, 1.82) is 5.26 Å². The van der Waals surface area contributed by atoms with E-state index in [1.165, 1.54) is 0 Å². The SMILES string of the molecule is CC(C)(C)CC(CC(=O)O)Nc1cccc(Cl)c1C#N. The Kier molecular flexibility index (Phi) is 5.41. The summed E-state index contributed by atoms with van der Waals surface area (Å²) in [5.41, 5.74) is 0.910. The Morgan fingerprint density at radius 1 is 1.50 bits per heavy atom. The lowest BCUT2D eigenvalue weighted by Gasteiger charge is -2.27. The summed E-state index contributed by atoms with van der Waals surface area (Å²) in [4.78, 5) is 11.0. The van der Waals surface area contributed by atoms with Gasteiger partial charge in [-0.25, -0.2) is 0 Å². The molecule has 0 saturated carbocycles. The minimum atomic E-state index is -0.868. The number of halogens is 1. The van der Waals surface area contributed by atoms with Gasteiger partial charge in [0.05, 0.1) is 22.7 Å². The molecule has 0 saturated heterocycles. The Morgan fingerprint density at radius 3 is 2.65 bits per heavy atom. The first-order chi connectivity index (χ1) is 9.23. The van der Waals surface area contributed by atoms with Gasteiger partial charge in [0.15, 0.2) is 0 Å². The Hall–Kier alpha value is -1.73. The number of rotatable bonds is 5. The van der Waals surface area contributed by atoms with E-state index in [1.807, 2.05) is 26.8 Å². The first-order valence-corrected chi connectivity index (χ1v) is 6.77. The van der Waals surface area contributed by atoms with E-state index in [0.29, 0.717) is 22.7 Å². The van der Waals surface area contributed by atoms with Crippen LogP contribution in [0.3, 0.4) is 0 Å². The molecule has 0 aromatic heterocycles. The molecule has 1 aromatic rings. The van der Waals surface area contributed by atoms with Gasteiger partial charge in [0.2, 0.25) is 0 Å². The summed E-state index contributed by atoms with van der Waals surface area (Å²) >= 11 is 5.97. The molecule has 0 spiro atoms. The lowest BCUT2D eigenvalue weighted by Crippen LogP contribution is -2.28. The fraction of sp³-hybridized carbons (Fsp3) is 0.467. The van der Waals surface area contributed by atoms with E-state index in [0.717, 1.165) is 0 Å². The number of nitrogens with zero attached hydrogens (tertiary/aromatic N) is 1. The molecule has 0 fully saturated rings. The second-order valence-corrected chi connectivity index (χ2v) is 6.39. The quantitative estimate of drug-likeness (QED) is 0.863. The van der Waals surface area contributed by atoms with Gasteiger partial charge in [0.25, 0.3) is 0 Å². The highest BCUT2D eigenvalue weighted by Gasteiger charge is 2.22. The smallest absolute Gasteiger partial charge is 0.305 e. The van der Waals surface area contributed by atoms with Crippen molar-refractivity contribution >= 4 is 23.3 Å². The molecule has 1 atom stereocenters. The van der Waals surface area contributed by atoms with E-state index in [9.17, 15) is 4.79 Å². The molecule has 2 N–H and O–H groups in total. The van der Waals surface area contributed by atoms with Gasteiger partial charge in [0, 0.05) is 6.04 Å². The normalized spacial score (nSPS) is 12.6. The van der Waals surface area contributed by atoms with E-state index in [1.54, 1.807) is 18.2 Å². The van der Waals surface area contributed by atoms with Crippen molar-refractivity contribution in [2.45, 2.75) is 39.7 Å². The van der Waals surface area contributed by atoms with Gasteiger partial charge in [-0.3, -0.25) is 4.79 Å². The molecule has 0 aliphatic rings. The summed E-state index contributed by atoms with van der Waals surface area (Å²) in [6.45, 7) is 6.14. The number of nitrogens with one attached hydrogen (secondary N) is 1. The Balaban J connectivity index is 2.98. The van der Waals surface area contributed by atoms with Crippen molar-refractivity contribution in [3.05, 3.63) is 28.8 Å². The largest absolute Gasteiger partial charge is 0.481 e. The van der Waals surface area contributed by atoms with Crippen molar-refractivity contribution in [2.75, 3.05) is 5.32 Å². The predicted molar refractivity (Wildman–Crippen MR) is 79.9 cm³/mol. The van der Waals surface area contributed by atoms with Crippen LogP contribution in [0.4, 0.5) is 5.69 Å². The molecule has 0 amide bonds. The number of benzene rings is 1. The molecular weight excluding hydrogens is 276 g/mol. The number of nitriles is 1. The van der Waals surface area contributed by atoms with Gasteiger partial charge in [-0.15, -0.1) is 0 Å². The number of carboxylic acids is 1. The summed E-state index contributed by atoms with van der Waals surface area (Å²) in [5.74, 6) is -0.868. The van der Waals surface area contributed by atoms with E-state index in [4.69, 9.17) is 22.0 Å². The van der Waals surface area contributed by atoms with Crippen LogP contribution < -0.4 is 5.32 Å². The van der Waals surface area contributed by atoms with E-state index in [-0.39, 0.29) is 17.9 Å². The van der Waals surface area contributed by atoms with Crippen LogP contribution in [0.25, 0.3) is 0 Å². The second kappa shape index (κ2) is 6.62. The Morgan fingerprint density at radius 2 is 2.15 bits per heavy atom. The summed E-state index contributed by atoms with van der Waals surface area (Å²) in [7, 11) is 0. The topological polar surface area (TPSA) is 73.1 Å². The van der Waals surface area contributed by atoms with Gasteiger partial charge in [-0.1, -0.05) is 38.4 Å².